The second-order valence-electron chi connectivity index (χ2n) is 7.26. The Bertz CT molecular complexity index is 712. The van der Waals surface area contributed by atoms with Crippen LogP contribution in [-0.4, -0.2) is 43.8 Å². The number of aromatic nitrogens is 3. The molecular formula is C19H24N4O2. The number of carbonyl (C=O) groups excluding carboxylic acids is 1. The number of ether oxygens (including phenoxy) is 1. The maximum Gasteiger partial charge on any atom is 0.255 e. The van der Waals surface area contributed by atoms with E-state index in [1.807, 2.05) is 43.1 Å². The van der Waals surface area contributed by atoms with Crippen LogP contribution in [0, 0.1) is 0 Å². The zero-order valence-corrected chi connectivity index (χ0v) is 14.7. The van der Waals surface area contributed by atoms with Crippen LogP contribution in [0.1, 0.15) is 55.9 Å². The van der Waals surface area contributed by atoms with Crippen molar-refractivity contribution >= 4 is 5.91 Å². The van der Waals surface area contributed by atoms with E-state index in [1.165, 1.54) is 0 Å². The lowest BCUT2D eigenvalue weighted by Gasteiger charge is -2.39. The molecule has 6 nitrogen and oxygen atoms in total. The third kappa shape index (κ3) is 3.13. The van der Waals surface area contributed by atoms with Crippen LogP contribution >= 0.6 is 0 Å². The second-order valence-corrected chi connectivity index (χ2v) is 7.26. The summed E-state index contributed by atoms with van der Waals surface area (Å²) in [6.07, 6.45) is 9.68. The Balaban J connectivity index is 1.48. The molecule has 1 amide bonds. The Morgan fingerprint density at radius 1 is 1.20 bits per heavy atom. The van der Waals surface area contributed by atoms with Crippen LogP contribution in [0.4, 0.5) is 0 Å². The number of fused-ring (bicyclic) bond motifs is 2. The second kappa shape index (κ2) is 6.50. The molecule has 6 heteroatoms. The van der Waals surface area contributed by atoms with Crippen LogP contribution in [0.25, 0.3) is 0 Å². The first-order valence-corrected chi connectivity index (χ1v) is 9.06. The van der Waals surface area contributed by atoms with E-state index in [1.54, 1.807) is 12.3 Å². The molecule has 25 heavy (non-hydrogen) atoms. The molecule has 2 bridgehead atoms. The number of rotatable bonds is 4. The minimum absolute atomic E-state index is 0.0752. The number of hydrogen-bond donors (Lipinski definition) is 0. The van der Waals surface area contributed by atoms with E-state index in [-0.39, 0.29) is 12.0 Å². The van der Waals surface area contributed by atoms with Gasteiger partial charge in [-0.15, -0.1) is 0 Å². The first-order chi connectivity index (χ1) is 12.1. The summed E-state index contributed by atoms with van der Waals surface area (Å²) in [6, 6.07) is 6.57. The van der Waals surface area contributed by atoms with Crippen molar-refractivity contribution in [1.29, 1.82) is 0 Å². The Morgan fingerprint density at radius 2 is 1.96 bits per heavy atom. The van der Waals surface area contributed by atoms with Crippen molar-refractivity contribution in [1.82, 2.24) is 19.7 Å². The van der Waals surface area contributed by atoms with Gasteiger partial charge in [-0.1, -0.05) is 0 Å². The average molecular weight is 340 g/mol. The van der Waals surface area contributed by atoms with Gasteiger partial charge in [-0.05, 0) is 51.7 Å². The molecule has 0 radical (unpaired) electrons. The van der Waals surface area contributed by atoms with Crippen molar-refractivity contribution < 1.29 is 9.53 Å². The summed E-state index contributed by atoms with van der Waals surface area (Å²) in [5.41, 5.74) is 0.644. The zero-order chi connectivity index (χ0) is 17.4. The molecule has 4 rings (SSSR count). The van der Waals surface area contributed by atoms with Gasteiger partial charge in [-0.25, -0.2) is 4.98 Å². The number of carbonyl (C=O) groups is 1. The zero-order valence-electron chi connectivity index (χ0n) is 14.7. The SMILES string of the molecule is CC(C)Oc1ccc(C(=O)N2C3CCC2CC(n2cccn2)C3)cn1. The Hall–Kier alpha value is -2.37. The van der Waals surface area contributed by atoms with Crippen LogP contribution in [0.15, 0.2) is 36.8 Å². The first kappa shape index (κ1) is 16.1. The fourth-order valence-electron chi connectivity index (χ4n) is 4.16. The Kier molecular flexibility index (Phi) is 4.19. The molecule has 2 unspecified atom stereocenters. The van der Waals surface area contributed by atoms with Crippen LogP contribution in [0.5, 0.6) is 5.88 Å². The molecule has 0 spiro atoms. The van der Waals surface area contributed by atoms with Crippen molar-refractivity contribution in [2.24, 2.45) is 0 Å². The number of nitrogens with zero attached hydrogens (tertiary/aromatic N) is 4. The van der Waals surface area contributed by atoms with Gasteiger partial charge < -0.3 is 9.64 Å². The summed E-state index contributed by atoms with van der Waals surface area (Å²) in [6.45, 7) is 3.92. The molecule has 2 fully saturated rings. The molecule has 4 heterocycles. The Labute approximate surface area is 147 Å². The summed E-state index contributed by atoms with van der Waals surface area (Å²) in [5.74, 6) is 0.655. The molecule has 0 saturated carbocycles. The molecule has 2 aliphatic heterocycles. The number of hydrogen-bond acceptors (Lipinski definition) is 4. The number of amides is 1. The van der Waals surface area contributed by atoms with E-state index in [0.717, 1.165) is 25.7 Å². The topological polar surface area (TPSA) is 60.2 Å². The Morgan fingerprint density at radius 3 is 2.52 bits per heavy atom. The minimum Gasteiger partial charge on any atom is -0.475 e. The van der Waals surface area contributed by atoms with Gasteiger partial charge in [0, 0.05) is 36.7 Å². The monoisotopic (exact) mass is 340 g/mol. The third-order valence-electron chi connectivity index (χ3n) is 5.18. The van der Waals surface area contributed by atoms with Gasteiger partial charge >= 0.3 is 0 Å². The predicted octanol–water partition coefficient (Wildman–Crippen LogP) is 3.07. The van der Waals surface area contributed by atoms with Gasteiger partial charge in [-0.2, -0.15) is 5.10 Å². The molecular weight excluding hydrogens is 316 g/mol. The molecule has 2 saturated heterocycles. The van der Waals surface area contributed by atoms with Gasteiger partial charge in [0.05, 0.1) is 17.7 Å². The van der Waals surface area contributed by atoms with Gasteiger partial charge in [0.1, 0.15) is 0 Å². The number of pyridine rings is 1. The fraction of sp³-hybridized carbons (Fsp3) is 0.526. The fourth-order valence-corrected chi connectivity index (χ4v) is 4.16. The van der Waals surface area contributed by atoms with Gasteiger partial charge in [-0.3, -0.25) is 9.48 Å². The van der Waals surface area contributed by atoms with Crippen LogP contribution in [0.3, 0.4) is 0 Å². The van der Waals surface area contributed by atoms with Crippen LogP contribution in [-0.2, 0) is 0 Å². The summed E-state index contributed by atoms with van der Waals surface area (Å²) in [4.78, 5) is 19.4. The maximum absolute atomic E-state index is 13.0. The average Bonchev–Trinajstić information content (AvgIpc) is 3.21. The van der Waals surface area contributed by atoms with E-state index in [4.69, 9.17) is 4.74 Å². The predicted molar refractivity (Wildman–Crippen MR) is 93.5 cm³/mol. The highest BCUT2D eigenvalue weighted by Gasteiger charge is 2.44. The van der Waals surface area contributed by atoms with Crippen molar-refractivity contribution in [3.05, 3.63) is 42.4 Å². The summed E-state index contributed by atoms with van der Waals surface area (Å²) >= 11 is 0. The molecule has 2 aromatic heterocycles. The lowest BCUT2D eigenvalue weighted by molar-refractivity contribution is 0.0523. The minimum atomic E-state index is 0.0752. The van der Waals surface area contributed by atoms with Gasteiger partial charge in [0.25, 0.3) is 5.91 Å². The largest absolute Gasteiger partial charge is 0.475 e. The number of piperidine rings is 1. The van der Waals surface area contributed by atoms with Gasteiger partial charge in [0.15, 0.2) is 0 Å². The summed E-state index contributed by atoms with van der Waals surface area (Å²) < 4.78 is 7.61. The molecule has 132 valence electrons. The molecule has 2 aromatic rings. The lowest BCUT2D eigenvalue weighted by Crippen LogP contribution is -2.47. The normalized spacial score (nSPS) is 25.4. The summed E-state index contributed by atoms with van der Waals surface area (Å²) in [5, 5.41) is 4.39. The summed E-state index contributed by atoms with van der Waals surface area (Å²) in [7, 11) is 0. The molecule has 2 atom stereocenters. The van der Waals surface area contributed by atoms with E-state index in [0.29, 0.717) is 29.6 Å². The van der Waals surface area contributed by atoms with Crippen molar-refractivity contribution in [3.63, 3.8) is 0 Å². The molecule has 0 aliphatic carbocycles. The van der Waals surface area contributed by atoms with Crippen molar-refractivity contribution in [2.75, 3.05) is 0 Å². The van der Waals surface area contributed by atoms with E-state index in [9.17, 15) is 4.79 Å². The van der Waals surface area contributed by atoms with E-state index < -0.39 is 0 Å². The maximum atomic E-state index is 13.0. The highest BCUT2D eigenvalue weighted by Crippen LogP contribution is 2.41. The highest BCUT2D eigenvalue weighted by atomic mass is 16.5. The third-order valence-corrected chi connectivity index (χ3v) is 5.18. The highest BCUT2D eigenvalue weighted by molar-refractivity contribution is 5.94. The van der Waals surface area contributed by atoms with Crippen LogP contribution < -0.4 is 4.74 Å². The smallest absolute Gasteiger partial charge is 0.255 e. The van der Waals surface area contributed by atoms with Gasteiger partial charge in [0.2, 0.25) is 5.88 Å². The lowest BCUT2D eigenvalue weighted by atomic mass is 9.96. The quantitative estimate of drug-likeness (QED) is 0.858. The standard InChI is InChI=1S/C19H24N4O2/c1-13(2)25-18-7-4-14(12-20-18)19(24)23-15-5-6-16(23)11-17(10-15)22-9-3-8-21-22/h3-4,7-9,12-13,15-17H,5-6,10-11H2,1-2H3. The van der Waals surface area contributed by atoms with Crippen molar-refractivity contribution in [2.45, 2.75) is 63.8 Å². The van der Waals surface area contributed by atoms with E-state index >= 15 is 0 Å². The molecule has 0 N–H and O–H groups in total. The molecule has 2 aliphatic rings. The molecule has 0 aromatic carbocycles. The van der Waals surface area contributed by atoms with E-state index in [2.05, 4.69) is 15.0 Å². The van der Waals surface area contributed by atoms with Crippen LogP contribution in [0.2, 0.25) is 0 Å². The van der Waals surface area contributed by atoms with Crippen molar-refractivity contribution in [3.8, 4) is 5.88 Å². The first-order valence-electron chi connectivity index (χ1n) is 9.06.